The summed E-state index contributed by atoms with van der Waals surface area (Å²) >= 11 is 0. The van der Waals surface area contributed by atoms with E-state index in [-0.39, 0.29) is 0 Å². The van der Waals surface area contributed by atoms with E-state index in [4.69, 9.17) is 0 Å². The Balaban J connectivity index is 2.24. The third kappa shape index (κ3) is 3.63. The molecular formula is C13H25N3. The summed E-state index contributed by atoms with van der Waals surface area (Å²) < 4.78 is 2.14. The second kappa shape index (κ2) is 6.69. The van der Waals surface area contributed by atoms with Crippen LogP contribution in [0.25, 0.3) is 0 Å². The van der Waals surface area contributed by atoms with Crippen molar-refractivity contribution in [3.8, 4) is 0 Å². The number of hydrogen-bond donors (Lipinski definition) is 1. The second-order valence-electron chi connectivity index (χ2n) is 4.48. The van der Waals surface area contributed by atoms with Crippen molar-refractivity contribution >= 4 is 0 Å². The molecule has 1 aromatic heterocycles. The van der Waals surface area contributed by atoms with Crippen molar-refractivity contribution in [2.75, 3.05) is 13.1 Å². The minimum atomic E-state index is 1.05. The van der Waals surface area contributed by atoms with Gasteiger partial charge in [0, 0.05) is 12.2 Å². The highest BCUT2D eigenvalue weighted by Gasteiger charge is 2.05. The van der Waals surface area contributed by atoms with Gasteiger partial charge >= 0.3 is 0 Å². The van der Waals surface area contributed by atoms with Crippen molar-refractivity contribution in [2.24, 2.45) is 0 Å². The molecule has 16 heavy (non-hydrogen) atoms. The smallest absolute Gasteiger partial charge is 0.0625 e. The molecule has 0 saturated heterocycles. The van der Waals surface area contributed by atoms with Crippen LogP contribution < -0.4 is 5.32 Å². The average Bonchev–Trinajstić information content (AvgIpc) is 2.51. The van der Waals surface area contributed by atoms with Crippen LogP contribution in [0.4, 0.5) is 0 Å². The Bertz CT molecular complexity index is 315. The van der Waals surface area contributed by atoms with Gasteiger partial charge in [-0.1, -0.05) is 6.92 Å². The number of hydrogen-bond acceptors (Lipinski definition) is 2. The van der Waals surface area contributed by atoms with Gasteiger partial charge in [0.25, 0.3) is 0 Å². The molecule has 0 aliphatic rings. The van der Waals surface area contributed by atoms with Gasteiger partial charge in [-0.3, -0.25) is 4.68 Å². The van der Waals surface area contributed by atoms with E-state index in [2.05, 4.69) is 42.8 Å². The number of aryl methyl sites for hydroxylation is 2. The zero-order valence-corrected chi connectivity index (χ0v) is 11.1. The molecule has 1 rings (SSSR count). The third-order valence-electron chi connectivity index (χ3n) is 3.14. The number of nitrogens with one attached hydrogen (secondary N) is 1. The van der Waals surface area contributed by atoms with Crippen molar-refractivity contribution in [3.05, 3.63) is 17.0 Å². The van der Waals surface area contributed by atoms with Crippen molar-refractivity contribution < 1.29 is 0 Å². The minimum Gasteiger partial charge on any atom is -0.317 e. The Kier molecular flexibility index (Phi) is 5.53. The molecular weight excluding hydrogens is 198 g/mol. The van der Waals surface area contributed by atoms with Gasteiger partial charge in [-0.25, -0.2) is 0 Å². The first-order chi connectivity index (χ1) is 7.66. The van der Waals surface area contributed by atoms with E-state index in [9.17, 15) is 0 Å². The summed E-state index contributed by atoms with van der Waals surface area (Å²) in [4.78, 5) is 0. The van der Waals surface area contributed by atoms with Crippen molar-refractivity contribution in [3.63, 3.8) is 0 Å². The molecule has 3 nitrogen and oxygen atoms in total. The van der Waals surface area contributed by atoms with Gasteiger partial charge in [0.1, 0.15) is 0 Å². The Labute approximate surface area is 99.2 Å². The van der Waals surface area contributed by atoms with Crippen LogP contribution in [0.5, 0.6) is 0 Å². The highest BCUT2D eigenvalue weighted by molar-refractivity contribution is 5.21. The zero-order chi connectivity index (χ0) is 12.0. The summed E-state index contributed by atoms with van der Waals surface area (Å²) in [6, 6.07) is 0. The molecule has 0 atom stereocenters. The van der Waals surface area contributed by atoms with Crippen LogP contribution in [-0.4, -0.2) is 22.9 Å². The lowest BCUT2D eigenvalue weighted by Crippen LogP contribution is -2.16. The molecule has 0 aliphatic heterocycles. The summed E-state index contributed by atoms with van der Waals surface area (Å²) in [5.41, 5.74) is 3.82. The summed E-state index contributed by atoms with van der Waals surface area (Å²) in [5, 5.41) is 7.96. The molecule has 0 bridgehead atoms. The molecule has 0 saturated carbocycles. The highest BCUT2D eigenvalue weighted by Crippen LogP contribution is 2.11. The molecule has 3 heteroatoms. The maximum Gasteiger partial charge on any atom is 0.0625 e. The van der Waals surface area contributed by atoms with E-state index in [0.29, 0.717) is 0 Å². The van der Waals surface area contributed by atoms with Gasteiger partial charge in [0.05, 0.1) is 5.69 Å². The molecule has 0 spiro atoms. The van der Waals surface area contributed by atoms with Crippen molar-refractivity contribution in [2.45, 2.75) is 53.5 Å². The Morgan fingerprint density at radius 3 is 2.44 bits per heavy atom. The van der Waals surface area contributed by atoms with Crippen LogP contribution in [0.15, 0.2) is 0 Å². The molecule has 1 N–H and O–H groups in total. The van der Waals surface area contributed by atoms with Crippen LogP contribution in [0.1, 0.15) is 43.1 Å². The van der Waals surface area contributed by atoms with Gasteiger partial charge in [0.15, 0.2) is 0 Å². The quantitative estimate of drug-likeness (QED) is 0.720. The number of aromatic nitrogens is 2. The Morgan fingerprint density at radius 2 is 1.88 bits per heavy atom. The summed E-state index contributed by atoms with van der Waals surface area (Å²) in [5.74, 6) is 0. The normalized spacial score (nSPS) is 11.0. The predicted molar refractivity (Wildman–Crippen MR) is 68.8 cm³/mol. The average molecular weight is 223 g/mol. The molecule has 0 aromatic carbocycles. The largest absolute Gasteiger partial charge is 0.317 e. The lowest BCUT2D eigenvalue weighted by atomic mass is 10.2. The summed E-state index contributed by atoms with van der Waals surface area (Å²) in [6.45, 7) is 11.9. The van der Waals surface area contributed by atoms with E-state index >= 15 is 0 Å². The van der Waals surface area contributed by atoms with Crippen LogP contribution in [0, 0.1) is 20.8 Å². The molecule has 1 aromatic rings. The van der Waals surface area contributed by atoms with Gasteiger partial charge in [-0.05, 0) is 58.7 Å². The van der Waals surface area contributed by atoms with E-state index in [1.54, 1.807) is 0 Å². The van der Waals surface area contributed by atoms with Crippen molar-refractivity contribution in [1.82, 2.24) is 15.1 Å². The first-order valence-electron chi connectivity index (χ1n) is 6.38. The summed E-state index contributed by atoms with van der Waals surface area (Å²) in [6.07, 6.45) is 3.66. The Hall–Kier alpha value is -0.830. The first-order valence-corrected chi connectivity index (χ1v) is 6.38. The highest BCUT2D eigenvalue weighted by atomic mass is 15.3. The molecule has 1 heterocycles. The number of rotatable bonds is 7. The van der Waals surface area contributed by atoms with E-state index in [1.165, 1.54) is 36.2 Å². The lowest BCUT2D eigenvalue weighted by molar-refractivity contribution is 0.524. The van der Waals surface area contributed by atoms with Gasteiger partial charge in [-0.15, -0.1) is 0 Å². The molecule has 0 radical (unpaired) electrons. The minimum absolute atomic E-state index is 1.05. The third-order valence-corrected chi connectivity index (χ3v) is 3.14. The van der Waals surface area contributed by atoms with Crippen LogP contribution in [0.3, 0.4) is 0 Å². The molecule has 0 aliphatic carbocycles. The monoisotopic (exact) mass is 223 g/mol. The maximum atomic E-state index is 4.54. The van der Waals surface area contributed by atoms with Crippen LogP contribution >= 0.6 is 0 Å². The summed E-state index contributed by atoms with van der Waals surface area (Å²) in [7, 11) is 0. The lowest BCUT2D eigenvalue weighted by Gasteiger charge is -2.05. The molecule has 0 fully saturated rings. The van der Waals surface area contributed by atoms with Gasteiger partial charge < -0.3 is 5.32 Å². The topological polar surface area (TPSA) is 29.9 Å². The van der Waals surface area contributed by atoms with Crippen LogP contribution in [0.2, 0.25) is 0 Å². The molecule has 92 valence electrons. The number of unbranched alkanes of at least 4 members (excludes halogenated alkanes) is 1. The number of nitrogens with zero attached hydrogens (tertiary/aromatic N) is 2. The fourth-order valence-electron chi connectivity index (χ4n) is 1.82. The first kappa shape index (κ1) is 13.2. The SMILES string of the molecule is CCCNCCCCn1nc(C)c(C)c1C. The van der Waals surface area contributed by atoms with Crippen molar-refractivity contribution in [1.29, 1.82) is 0 Å². The van der Waals surface area contributed by atoms with Gasteiger partial charge in [-0.2, -0.15) is 5.10 Å². The van der Waals surface area contributed by atoms with E-state index in [0.717, 1.165) is 19.6 Å². The van der Waals surface area contributed by atoms with Crippen LogP contribution in [-0.2, 0) is 6.54 Å². The standard InChI is InChI=1S/C13H25N3/c1-5-8-14-9-6-7-10-16-13(4)11(2)12(3)15-16/h14H,5-10H2,1-4H3. The molecule has 0 unspecified atom stereocenters. The second-order valence-corrected chi connectivity index (χ2v) is 4.48. The van der Waals surface area contributed by atoms with E-state index < -0.39 is 0 Å². The fraction of sp³-hybridized carbons (Fsp3) is 0.769. The Morgan fingerprint density at radius 1 is 1.12 bits per heavy atom. The van der Waals surface area contributed by atoms with E-state index in [1.807, 2.05) is 0 Å². The fourth-order valence-corrected chi connectivity index (χ4v) is 1.82. The zero-order valence-electron chi connectivity index (χ0n) is 11.1. The maximum absolute atomic E-state index is 4.54. The molecule has 0 amide bonds. The van der Waals surface area contributed by atoms with Gasteiger partial charge in [0.2, 0.25) is 0 Å². The predicted octanol–water partition coefficient (Wildman–Crippen LogP) is 2.59.